The summed E-state index contributed by atoms with van der Waals surface area (Å²) in [6.45, 7) is 3.00. The summed E-state index contributed by atoms with van der Waals surface area (Å²) in [4.78, 5) is 35.5. The first kappa shape index (κ1) is 27.1. The number of hydrogen-bond acceptors (Lipinski definition) is 7. The zero-order valence-electron chi connectivity index (χ0n) is 21.7. The van der Waals surface area contributed by atoms with Gasteiger partial charge in [-0.3, -0.25) is 4.79 Å². The lowest BCUT2D eigenvalue weighted by atomic mass is 9.79. The molecule has 0 bridgehead atoms. The van der Waals surface area contributed by atoms with Crippen LogP contribution in [0.15, 0.2) is 18.3 Å². The maximum absolute atomic E-state index is 12.9. The topological polar surface area (TPSA) is 117 Å². The lowest BCUT2D eigenvalue weighted by Crippen LogP contribution is -2.42. The van der Waals surface area contributed by atoms with Crippen molar-refractivity contribution in [1.29, 1.82) is 0 Å². The number of fused-ring (bicyclic) bond motifs is 1. The minimum atomic E-state index is -1.11. The number of rotatable bonds is 11. The highest BCUT2D eigenvalue weighted by Crippen LogP contribution is 2.34. The van der Waals surface area contributed by atoms with Gasteiger partial charge in [0.25, 0.3) is 5.91 Å². The second kappa shape index (κ2) is 12.1. The van der Waals surface area contributed by atoms with Crippen LogP contribution in [0.1, 0.15) is 59.3 Å². The SMILES string of the molecule is Cc1c(N(C)C)ncc(Cl)c1C(=O)N[C@H](CCOC1CC(CCc2ccc3c(n2)NCCC3)C1)C(=O)O. The second-order valence-corrected chi connectivity index (χ2v) is 10.6. The molecule has 2 aromatic heterocycles. The predicted molar refractivity (Wildman–Crippen MR) is 144 cm³/mol. The molecule has 3 N–H and O–H groups in total. The van der Waals surface area contributed by atoms with Crippen LogP contribution in [0.5, 0.6) is 0 Å². The number of nitrogens with zero attached hydrogens (tertiary/aromatic N) is 3. The summed E-state index contributed by atoms with van der Waals surface area (Å²) >= 11 is 6.23. The van der Waals surface area contributed by atoms with Gasteiger partial charge in [-0.25, -0.2) is 14.8 Å². The summed E-state index contributed by atoms with van der Waals surface area (Å²) in [5.74, 6) is 0.594. The first-order valence-electron chi connectivity index (χ1n) is 12.9. The number of nitrogens with one attached hydrogen (secondary N) is 2. The Balaban J connectivity index is 1.20. The summed E-state index contributed by atoms with van der Waals surface area (Å²) in [5, 5.41) is 15.8. The number of aliphatic carboxylic acids is 1. The molecule has 1 aliphatic carbocycles. The van der Waals surface area contributed by atoms with Gasteiger partial charge in [-0.15, -0.1) is 0 Å². The highest BCUT2D eigenvalue weighted by atomic mass is 35.5. The molecule has 200 valence electrons. The molecular formula is C27H36ClN5O4. The van der Waals surface area contributed by atoms with Gasteiger partial charge in [0.2, 0.25) is 0 Å². The van der Waals surface area contributed by atoms with Crippen LogP contribution >= 0.6 is 11.6 Å². The molecule has 2 aromatic rings. The van der Waals surface area contributed by atoms with Crippen molar-refractivity contribution in [3.8, 4) is 0 Å². The van der Waals surface area contributed by atoms with Gasteiger partial charge in [0.15, 0.2) is 0 Å². The molecule has 2 aliphatic rings. The third-order valence-electron chi connectivity index (χ3n) is 7.22. The maximum Gasteiger partial charge on any atom is 0.326 e. The fourth-order valence-corrected chi connectivity index (χ4v) is 5.32. The smallest absolute Gasteiger partial charge is 0.326 e. The Morgan fingerprint density at radius 1 is 1.32 bits per heavy atom. The Kier molecular flexibility index (Phi) is 8.87. The Morgan fingerprint density at radius 2 is 2.11 bits per heavy atom. The molecular weight excluding hydrogens is 494 g/mol. The van der Waals surface area contributed by atoms with Crippen LogP contribution in [0.3, 0.4) is 0 Å². The fraction of sp³-hybridized carbons (Fsp3) is 0.556. The molecule has 0 saturated heterocycles. The molecule has 1 fully saturated rings. The van der Waals surface area contributed by atoms with Gasteiger partial charge in [-0.2, -0.15) is 0 Å². The van der Waals surface area contributed by atoms with E-state index in [4.69, 9.17) is 21.3 Å². The Labute approximate surface area is 223 Å². The molecule has 1 atom stereocenters. The van der Waals surface area contributed by atoms with E-state index in [2.05, 4.69) is 27.8 Å². The minimum Gasteiger partial charge on any atom is -0.480 e. The summed E-state index contributed by atoms with van der Waals surface area (Å²) in [5.41, 5.74) is 3.26. The first-order valence-corrected chi connectivity index (χ1v) is 13.3. The van der Waals surface area contributed by atoms with E-state index >= 15 is 0 Å². The van der Waals surface area contributed by atoms with Gasteiger partial charge in [-0.1, -0.05) is 17.7 Å². The van der Waals surface area contributed by atoms with Crippen molar-refractivity contribution in [2.45, 2.75) is 64.0 Å². The number of halogens is 1. The van der Waals surface area contributed by atoms with Crippen molar-refractivity contribution >= 4 is 35.1 Å². The van der Waals surface area contributed by atoms with Crippen molar-refractivity contribution in [2.24, 2.45) is 5.92 Å². The number of aryl methyl sites for hydroxylation is 2. The van der Waals surface area contributed by atoms with Crippen LogP contribution in [0.4, 0.5) is 11.6 Å². The third kappa shape index (κ3) is 6.70. The number of carboxylic acids is 1. The van der Waals surface area contributed by atoms with Gasteiger partial charge >= 0.3 is 5.97 Å². The van der Waals surface area contributed by atoms with E-state index in [0.29, 0.717) is 17.3 Å². The molecule has 37 heavy (non-hydrogen) atoms. The number of carbonyl (C=O) groups excluding carboxylic acids is 1. The van der Waals surface area contributed by atoms with Gasteiger partial charge in [-0.05, 0) is 63.0 Å². The van der Waals surface area contributed by atoms with Crippen LogP contribution in [0.2, 0.25) is 5.02 Å². The van der Waals surface area contributed by atoms with E-state index in [1.807, 2.05) is 14.1 Å². The second-order valence-electron chi connectivity index (χ2n) is 10.2. The standard InChI is InChI=1S/C27H36ClN5O4/c1-16-23(21(28)15-30-25(16)33(2)3)26(34)32-22(27(35)36)10-12-37-20-13-17(14-20)6-8-19-9-7-18-5-4-11-29-24(18)31-19/h7,9,15,17,20,22H,4-6,8,10-14H2,1-3H3,(H,29,31)(H,32,34)(H,35,36)/t17?,20?,22-/m1/s1. The van der Waals surface area contributed by atoms with Crippen molar-refractivity contribution < 1.29 is 19.4 Å². The van der Waals surface area contributed by atoms with Crippen LogP contribution in [0.25, 0.3) is 0 Å². The molecule has 10 heteroatoms. The molecule has 0 spiro atoms. The highest BCUT2D eigenvalue weighted by molar-refractivity contribution is 6.34. The van der Waals surface area contributed by atoms with Crippen LogP contribution in [-0.2, 0) is 22.4 Å². The molecule has 1 saturated carbocycles. The zero-order valence-corrected chi connectivity index (χ0v) is 22.5. The van der Waals surface area contributed by atoms with E-state index in [1.54, 1.807) is 11.8 Å². The molecule has 0 unspecified atom stereocenters. The zero-order chi connectivity index (χ0) is 26.5. The number of hydrogen-bond donors (Lipinski definition) is 3. The molecule has 4 rings (SSSR count). The Morgan fingerprint density at radius 3 is 2.84 bits per heavy atom. The monoisotopic (exact) mass is 529 g/mol. The van der Waals surface area contributed by atoms with E-state index in [9.17, 15) is 14.7 Å². The number of aromatic nitrogens is 2. The Bertz CT molecular complexity index is 1140. The van der Waals surface area contributed by atoms with E-state index in [-0.39, 0.29) is 29.7 Å². The number of carbonyl (C=O) groups is 2. The average molecular weight is 530 g/mol. The van der Waals surface area contributed by atoms with Crippen LogP contribution < -0.4 is 15.5 Å². The summed E-state index contributed by atoms with van der Waals surface area (Å²) in [7, 11) is 3.63. The molecule has 3 heterocycles. The molecule has 1 aliphatic heterocycles. The largest absolute Gasteiger partial charge is 0.480 e. The molecule has 0 aromatic carbocycles. The maximum atomic E-state index is 12.9. The van der Waals surface area contributed by atoms with Crippen molar-refractivity contribution in [3.63, 3.8) is 0 Å². The fourth-order valence-electron chi connectivity index (χ4n) is 5.05. The van der Waals surface area contributed by atoms with Gasteiger partial charge in [0.1, 0.15) is 17.7 Å². The average Bonchev–Trinajstić information content (AvgIpc) is 2.83. The normalized spacial score (nSPS) is 19.2. The molecule has 9 nitrogen and oxygen atoms in total. The number of ether oxygens (including phenoxy) is 1. The van der Waals surface area contributed by atoms with E-state index in [0.717, 1.165) is 56.6 Å². The number of amides is 1. The predicted octanol–water partition coefficient (Wildman–Crippen LogP) is 3.86. The lowest BCUT2D eigenvalue weighted by Gasteiger charge is -2.35. The van der Waals surface area contributed by atoms with E-state index < -0.39 is 17.9 Å². The van der Waals surface area contributed by atoms with Gasteiger partial charge < -0.3 is 25.4 Å². The van der Waals surface area contributed by atoms with Crippen LogP contribution in [0, 0.1) is 12.8 Å². The Hall–Kier alpha value is -2.91. The van der Waals surface area contributed by atoms with Crippen molar-refractivity contribution in [1.82, 2.24) is 15.3 Å². The molecule has 0 radical (unpaired) electrons. The first-order chi connectivity index (χ1) is 17.7. The van der Waals surface area contributed by atoms with Crippen molar-refractivity contribution in [2.75, 3.05) is 37.5 Å². The number of carboxylic acid groups (broad SMARTS) is 1. The van der Waals surface area contributed by atoms with Gasteiger partial charge in [0.05, 0.1) is 16.7 Å². The van der Waals surface area contributed by atoms with E-state index in [1.165, 1.54) is 11.8 Å². The summed E-state index contributed by atoms with van der Waals surface area (Å²) in [6.07, 6.45) is 7.92. The number of pyridine rings is 2. The van der Waals surface area contributed by atoms with Crippen molar-refractivity contribution in [3.05, 3.63) is 45.7 Å². The quantitative estimate of drug-likeness (QED) is 0.402. The van der Waals surface area contributed by atoms with Crippen LogP contribution in [-0.4, -0.2) is 66.3 Å². The lowest BCUT2D eigenvalue weighted by molar-refractivity contribution is -0.140. The molecule has 1 amide bonds. The number of anilines is 2. The summed E-state index contributed by atoms with van der Waals surface area (Å²) < 4.78 is 5.92. The third-order valence-corrected chi connectivity index (χ3v) is 7.50. The minimum absolute atomic E-state index is 0.132. The van der Waals surface area contributed by atoms with Gasteiger partial charge in [0, 0.05) is 51.1 Å². The summed E-state index contributed by atoms with van der Waals surface area (Å²) in [6, 6.07) is 3.26. The highest BCUT2D eigenvalue weighted by Gasteiger charge is 2.31.